The first kappa shape index (κ1) is 14.4. The zero-order valence-electron chi connectivity index (χ0n) is 12.3. The maximum atomic E-state index is 12.4. The van der Waals surface area contributed by atoms with Crippen molar-refractivity contribution in [2.45, 2.75) is 65.0 Å². The summed E-state index contributed by atoms with van der Waals surface area (Å²) in [5, 5.41) is 3.19. The summed E-state index contributed by atoms with van der Waals surface area (Å²) < 4.78 is 0. The van der Waals surface area contributed by atoms with Gasteiger partial charge in [0.25, 0.3) is 0 Å². The van der Waals surface area contributed by atoms with E-state index in [1.54, 1.807) is 11.8 Å². The molecule has 0 spiro atoms. The highest BCUT2D eigenvalue weighted by Crippen LogP contribution is 2.30. The quantitative estimate of drug-likeness (QED) is 0.830. The fraction of sp³-hybridized carbons (Fsp3) is 0.867. The highest BCUT2D eigenvalue weighted by molar-refractivity contribution is 5.87. The molecule has 108 valence electrons. The number of nitrogens with one attached hydrogen (secondary N) is 1. The van der Waals surface area contributed by atoms with E-state index in [1.807, 2.05) is 0 Å². The van der Waals surface area contributed by atoms with Crippen molar-refractivity contribution in [2.75, 3.05) is 6.54 Å². The predicted octanol–water partition coefficient (Wildman–Crippen LogP) is 1.94. The van der Waals surface area contributed by atoms with Crippen LogP contribution in [0.1, 0.15) is 52.9 Å². The Morgan fingerprint density at radius 1 is 1.11 bits per heavy atom. The van der Waals surface area contributed by atoms with Gasteiger partial charge in [0.15, 0.2) is 0 Å². The lowest BCUT2D eigenvalue weighted by Gasteiger charge is -2.35. The van der Waals surface area contributed by atoms with E-state index in [1.165, 1.54) is 12.8 Å². The molecule has 19 heavy (non-hydrogen) atoms. The second-order valence-electron chi connectivity index (χ2n) is 6.25. The molecule has 1 aliphatic heterocycles. The first-order chi connectivity index (χ1) is 9.00. The predicted molar refractivity (Wildman–Crippen MR) is 74.5 cm³/mol. The van der Waals surface area contributed by atoms with Crippen LogP contribution in [-0.4, -0.2) is 35.3 Å². The Kier molecular flexibility index (Phi) is 4.48. The van der Waals surface area contributed by atoms with Gasteiger partial charge < -0.3 is 10.2 Å². The molecule has 1 heterocycles. The van der Waals surface area contributed by atoms with Crippen LogP contribution in [0.3, 0.4) is 0 Å². The Morgan fingerprint density at radius 2 is 1.84 bits per heavy atom. The van der Waals surface area contributed by atoms with Crippen LogP contribution >= 0.6 is 0 Å². The molecule has 4 atom stereocenters. The van der Waals surface area contributed by atoms with E-state index in [0.717, 1.165) is 25.8 Å². The molecular weight excluding hydrogens is 240 g/mol. The number of carbonyl (C=O) groups is 2. The van der Waals surface area contributed by atoms with E-state index >= 15 is 0 Å². The average molecular weight is 266 g/mol. The summed E-state index contributed by atoms with van der Waals surface area (Å²) in [5.41, 5.74) is 0. The van der Waals surface area contributed by atoms with E-state index in [9.17, 15) is 9.59 Å². The lowest BCUT2D eigenvalue weighted by atomic mass is 9.78. The molecule has 1 saturated carbocycles. The normalized spacial score (nSPS) is 35.2. The molecule has 1 N–H and O–H groups in total. The fourth-order valence-corrected chi connectivity index (χ4v) is 3.48. The van der Waals surface area contributed by atoms with E-state index in [2.05, 4.69) is 19.2 Å². The number of amides is 2. The maximum absolute atomic E-state index is 12.4. The standard InChI is InChI=1S/C15H26N2O2/c1-10-6-4-7-13(11(10)2)16-15(19)14-8-5-9-17(14)12(3)18/h10-11,13-14H,4-9H2,1-3H3,(H,16,19). The highest BCUT2D eigenvalue weighted by atomic mass is 16.2. The molecule has 2 fully saturated rings. The number of rotatable bonds is 2. The van der Waals surface area contributed by atoms with Gasteiger partial charge >= 0.3 is 0 Å². The van der Waals surface area contributed by atoms with Crippen LogP contribution in [0.4, 0.5) is 0 Å². The van der Waals surface area contributed by atoms with E-state index < -0.39 is 0 Å². The molecule has 0 aromatic carbocycles. The van der Waals surface area contributed by atoms with Gasteiger partial charge in [-0.3, -0.25) is 9.59 Å². The van der Waals surface area contributed by atoms with Crippen LogP contribution in [0.15, 0.2) is 0 Å². The third kappa shape index (κ3) is 3.10. The van der Waals surface area contributed by atoms with Gasteiger partial charge in [0.05, 0.1) is 0 Å². The van der Waals surface area contributed by atoms with Crippen molar-refractivity contribution < 1.29 is 9.59 Å². The second-order valence-corrected chi connectivity index (χ2v) is 6.25. The number of hydrogen-bond donors (Lipinski definition) is 1. The molecule has 4 heteroatoms. The van der Waals surface area contributed by atoms with Crippen molar-refractivity contribution >= 4 is 11.8 Å². The van der Waals surface area contributed by atoms with Crippen LogP contribution in [0, 0.1) is 11.8 Å². The molecule has 0 bridgehead atoms. The number of hydrogen-bond acceptors (Lipinski definition) is 2. The first-order valence-corrected chi connectivity index (χ1v) is 7.58. The summed E-state index contributed by atoms with van der Waals surface area (Å²) in [7, 11) is 0. The van der Waals surface area contributed by atoms with Crippen LogP contribution in [0.2, 0.25) is 0 Å². The molecule has 1 aliphatic carbocycles. The zero-order chi connectivity index (χ0) is 14.0. The smallest absolute Gasteiger partial charge is 0.243 e. The minimum Gasteiger partial charge on any atom is -0.351 e. The molecule has 4 nitrogen and oxygen atoms in total. The number of likely N-dealkylation sites (tertiary alicyclic amines) is 1. The Labute approximate surface area is 115 Å². The lowest BCUT2D eigenvalue weighted by Crippen LogP contribution is -2.51. The molecular formula is C15H26N2O2. The first-order valence-electron chi connectivity index (χ1n) is 7.58. The van der Waals surface area contributed by atoms with Crippen molar-refractivity contribution in [2.24, 2.45) is 11.8 Å². The molecule has 2 aliphatic rings. The topological polar surface area (TPSA) is 49.4 Å². The van der Waals surface area contributed by atoms with Gasteiger partial charge in [-0.1, -0.05) is 26.7 Å². The molecule has 1 saturated heterocycles. The zero-order valence-corrected chi connectivity index (χ0v) is 12.3. The summed E-state index contributed by atoms with van der Waals surface area (Å²) in [6.07, 6.45) is 5.27. The fourth-order valence-electron chi connectivity index (χ4n) is 3.48. The number of nitrogens with zero attached hydrogens (tertiary/aromatic N) is 1. The van der Waals surface area contributed by atoms with Crippen molar-refractivity contribution in [1.29, 1.82) is 0 Å². The van der Waals surface area contributed by atoms with Gasteiger partial charge in [-0.05, 0) is 31.1 Å². The van der Waals surface area contributed by atoms with Crippen molar-refractivity contribution in [3.8, 4) is 0 Å². The molecule has 2 amide bonds. The van der Waals surface area contributed by atoms with Gasteiger partial charge in [0.2, 0.25) is 11.8 Å². The van der Waals surface area contributed by atoms with Gasteiger partial charge in [0, 0.05) is 19.5 Å². The van der Waals surface area contributed by atoms with Gasteiger partial charge in [-0.15, -0.1) is 0 Å². The van der Waals surface area contributed by atoms with E-state index in [0.29, 0.717) is 11.8 Å². The van der Waals surface area contributed by atoms with Crippen molar-refractivity contribution in [3.63, 3.8) is 0 Å². The maximum Gasteiger partial charge on any atom is 0.243 e. The van der Waals surface area contributed by atoms with Gasteiger partial charge in [0.1, 0.15) is 6.04 Å². The van der Waals surface area contributed by atoms with Gasteiger partial charge in [-0.25, -0.2) is 0 Å². The molecule has 0 radical (unpaired) electrons. The summed E-state index contributed by atoms with van der Waals surface area (Å²) in [4.78, 5) is 25.6. The Morgan fingerprint density at radius 3 is 2.53 bits per heavy atom. The third-order valence-electron chi connectivity index (χ3n) is 4.99. The average Bonchev–Trinajstić information content (AvgIpc) is 2.84. The third-order valence-corrected chi connectivity index (χ3v) is 4.99. The highest BCUT2D eigenvalue weighted by Gasteiger charge is 2.35. The Hall–Kier alpha value is -1.06. The minimum atomic E-state index is -0.234. The molecule has 0 aromatic rings. The summed E-state index contributed by atoms with van der Waals surface area (Å²) >= 11 is 0. The van der Waals surface area contributed by atoms with Crippen LogP contribution < -0.4 is 5.32 Å². The number of carbonyl (C=O) groups excluding carboxylic acids is 2. The van der Waals surface area contributed by atoms with Crippen molar-refractivity contribution in [1.82, 2.24) is 10.2 Å². The summed E-state index contributed by atoms with van der Waals surface area (Å²) in [5.74, 6) is 1.28. The SMILES string of the molecule is CC(=O)N1CCCC1C(=O)NC1CCCC(C)C1C. The van der Waals surface area contributed by atoms with Crippen LogP contribution in [0.5, 0.6) is 0 Å². The van der Waals surface area contributed by atoms with Crippen LogP contribution in [0.25, 0.3) is 0 Å². The van der Waals surface area contributed by atoms with Gasteiger partial charge in [-0.2, -0.15) is 0 Å². The van der Waals surface area contributed by atoms with Crippen LogP contribution in [-0.2, 0) is 9.59 Å². The largest absolute Gasteiger partial charge is 0.351 e. The van der Waals surface area contributed by atoms with Crippen molar-refractivity contribution in [3.05, 3.63) is 0 Å². The molecule has 4 unspecified atom stereocenters. The summed E-state index contributed by atoms with van der Waals surface area (Å²) in [6, 6.07) is 0.0487. The Bertz CT molecular complexity index is 356. The van der Waals surface area contributed by atoms with E-state index in [-0.39, 0.29) is 23.9 Å². The molecule has 2 rings (SSSR count). The Balaban J connectivity index is 1.95. The monoisotopic (exact) mass is 266 g/mol. The second kappa shape index (κ2) is 5.93. The van der Waals surface area contributed by atoms with E-state index in [4.69, 9.17) is 0 Å². The summed E-state index contributed by atoms with van der Waals surface area (Å²) in [6.45, 7) is 6.77. The molecule has 0 aromatic heterocycles. The lowest BCUT2D eigenvalue weighted by molar-refractivity contribution is -0.137. The minimum absolute atomic E-state index is 0.0164.